The van der Waals surface area contributed by atoms with Crippen molar-refractivity contribution >= 4 is 49.0 Å². The largest absolute Gasteiger partial charge is 0.573 e. The second-order valence-electron chi connectivity index (χ2n) is 4.03. The Morgan fingerprint density at radius 1 is 1.19 bits per heavy atom. The maximum Gasteiger partial charge on any atom is 0.573 e. The molecular weight excluding hydrogens is 437 g/mol. The van der Waals surface area contributed by atoms with Gasteiger partial charge in [0.05, 0.1) is 7.57 Å². The third-order valence-electron chi connectivity index (χ3n) is 2.48. The average Bonchev–Trinajstić information content (AvgIpc) is 2.69. The van der Waals surface area contributed by atoms with Crippen LogP contribution in [-0.2, 0) is 6.42 Å². The summed E-state index contributed by atoms with van der Waals surface area (Å²) in [6, 6.07) is 6.96. The highest BCUT2D eigenvalue weighted by Gasteiger charge is 2.30. The zero-order valence-corrected chi connectivity index (χ0v) is 14.2. The number of benzene rings is 1. The van der Waals surface area contributed by atoms with Crippen LogP contribution in [0.1, 0.15) is 15.9 Å². The van der Waals surface area contributed by atoms with Gasteiger partial charge in [0, 0.05) is 12.0 Å². The van der Waals surface area contributed by atoms with Gasteiger partial charge in [-0.2, -0.15) is 0 Å². The molecule has 0 aliphatic rings. The molecule has 0 saturated heterocycles. The first kappa shape index (κ1) is 16.5. The minimum Gasteiger partial charge on any atom is -0.406 e. The van der Waals surface area contributed by atoms with E-state index in [1.165, 1.54) is 35.6 Å². The number of ketones is 1. The van der Waals surface area contributed by atoms with E-state index < -0.39 is 6.36 Å². The molecule has 1 aromatic carbocycles. The molecule has 0 radical (unpaired) electrons. The van der Waals surface area contributed by atoms with Crippen LogP contribution < -0.4 is 4.74 Å². The van der Waals surface area contributed by atoms with Crippen LogP contribution in [0.15, 0.2) is 37.9 Å². The van der Waals surface area contributed by atoms with Crippen molar-refractivity contribution in [3.8, 4) is 5.75 Å². The number of carbonyl (C=O) groups is 1. The summed E-state index contributed by atoms with van der Waals surface area (Å²) in [5.41, 5.74) is 1.16. The van der Waals surface area contributed by atoms with Gasteiger partial charge >= 0.3 is 6.36 Å². The summed E-state index contributed by atoms with van der Waals surface area (Å²) in [4.78, 5) is 12.1. The highest BCUT2D eigenvalue weighted by Crippen LogP contribution is 2.32. The number of hydrogen-bond donors (Lipinski definition) is 0. The molecule has 1 heterocycles. The Bertz CT molecular complexity index is 650. The molecule has 112 valence electrons. The molecule has 0 spiro atoms. The lowest BCUT2D eigenvalue weighted by molar-refractivity contribution is -0.274. The van der Waals surface area contributed by atoms with Crippen molar-refractivity contribution in [3.05, 3.63) is 49.0 Å². The Morgan fingerprint density at radius 2 is 1.81 bits per heavy atom. The normalized spacial score (nSPS) is 11.5. The van der Waals surface area contributed by atoms with E-state index in [0.29, 0.717) is 11.1 Å². The lowest BCUT2D eigenvalue weighted by Gasteiger charge is -2.09. The fourth-order valence-electron chi connectivity index (χ4n) is 1.62. The molecule has 2 nitrogen and oxygen atoms in total. The van der Waals surface area contributed by atoms with E-state index in [-0.39, 0.29) is 18.0 Å². The Balaban J connectivity index is 2.07. The van der Waals surface area contributed by atoms with Crippen molar-refractivity contribution in [1.29, 1.82) is 0 Å². The van der Waals surface area contributed by atoms with E-state index >= 15 is 0 Å². The van der Waals surface area contributed by atoms with Gasteiger partial charge in [-0.25, -0.2) is 0 Å². The number of carbonyl (C=O) groups excluding carboxylic acids is 1. The summed E-state index contributed by atoms with van der Waals surface area (Å²) in [5.74, 6) is -0.425. The van der Waals surface area contributed by atoms with Gasteiger partial charge in [0.25, 0.3) is 0 Å². The Hall–Kier alpha value is -0.860. The minimum atomic E-state index is -4.72. The zero-order valence-electron chi connectivity index (χ0n) is 10.2. The summed E-state index contributed by atoms with van der Waals surface area (Å²) in [6.45, 7) is 0. The fourth-order valence-corrected chi connectivity index (χ4v) is 4.48. The predicted molar refractivity (Wildman–Crippen MR) is 80.9 cm³/mol. The van der Waals surface area contributed by atoms with Gasteiger partial charge in [0.1, 0.15) is 5.75 Å². The smallest absolute Gasteiger partial charge is 0.406 e. The molecule has 0 aliphatic carbocycles. The standard InChI is InChI=1S/C13H7Br2F3O2S/c14-11-6-9(12(15)21-11)10(19)5-7-1-3-8(4-2-7)20-13(16,17)18/h1-4,6H,5H2. The van der Waals surface area contributed by atoms with E-state index in [0.717, 1.165) is 7.57 Å². The molecule has 0 atom stereocenters. The summed E-state index contributed by atoms with van der Waals surface area (Å²) < 4.78 is 41.4. The van der Waals surface area contributed by atoms with Crippen LogP contribution in [0, 0.1) is 0 Å². The van der Waals surface area contributed by atoms with Gasteiger partial charge in [-0.3, -0.25) is 4.79 Å². The first-order valence-corrected chi connectivity index (χ1v) is 7.97. The van der Waals surface area contributed by atoms with Crippen molar-refractivity contribution in [2.45, 2.75) is 12.8 Å². The monoisotopic (exact) mass is 442 g/mol. The first-order valence-electron chi connectivity index (χ1n) is 5.57. The van der Waals surface area contributed by atoms with Crippen LogP contribution >= 0.6 is 43.2 Å². The highest BCUT2D eigenvalue weighted by atomic mass is 79.9. The molecule has 0 N–H and O–H groups in total. The highest BCUT2D eigenvalue weighted by molar-refractivity contribution is 9.12. The Labute approximate surface area is 139 Å². The van der Waals surface area contributed by atoms with E-state index in [4.69, 9.17) is 0 Å². The molecule has 0 saturated carbocycles. The van der Waals surface area contributed by atoms with Gasteiger partial charge in [0.15, 0.2) is 5.78 Å². The van der Waals surface area contributed by atoms with Gasteiger partial charge in [-0.1, -0.05) is 12.1 Å². The topological polar surface area (TPSA) is 26.3 Å². The molecule has 0 bridgehead atoms. The van der Waals surface area contributed by atoms with E-state index in [1.807, 2.05) is 0 Å². The molecule has 0 amide bonds. The van der Waals surface area contributed by atoms with E-state index in [1.54, 1.807) is 6.07 Å². The van der Waals surface area contributed by atoms with Crippen molar-refractivity contribution in [2.75, 3.05) is 0 Å². The second kappa shape index (κ2) is 6.50. The van der Waals surface area contributed by atoms with Crippen LogP contribution in [0.25, 0.3) is 0 Å². The minimum absolute atomic E-state index is 0.105. The quantitative estimate of drug-likeness (QED) is 0.575. The van der Waals surface area contributed by atoms with Crippen LogP contribution in [-0.4, -0.2) is 12.1 Å². The van der Waals surface area contributed by atoms with Crippen LogP contribution in [0.5, 0.6) is 5.75 Å². The van der Waals surface area contributed by atoms with Gasteiger partial charge in [-0.15, -0.1) is 24.5 Å². The number of halogens is 5. The fraction of sp³-hybridized carbons (Fsp3) is 0.154. The molecule has 21 heavy (non-hydrogen) atoms. The summed E-state index contributed by atoms with van der Waals surface area (Å²) in [6.07, 6.45) is -4.61. The lowest BCUT2D eigenvalue weighted by atomic mass is 10.1. The molecule has 8 heteroatoms. The lowest BCUT2D eigenvalue weighted by Crippen LogP contribution is -2.17. The SMILES string of the molecule is O=C(Cc1ccc(OC(F)(F)F)cc1)c1cc(Br)sc1Br. The molecule has 2 rings (SSSR count). The molecule has 0 aliphatic heterocycles. The average molecular weight is 444 g/mol. The third kappa shape index (κ3) is 4.82. The number of alkyl halides is 3. The summed E-state index contributed by atoms with van der Waals surface area (Å²) >= 11 is 7.97. The predicted octanol–water partition coefficient (Wildman–Crippen LogP) is 5.60. The third-order valence-corrected chi connectivity index (χ3v) is 4.82. The Morgan fingerprint density at radius 3 is 2.29 bits per heavy atom. The van der Waals surface area contributed by atoms with Crippen molar-refractivity contribution in [3.63, 3.8) is 0 Å². The zero-order chi connectivity index (χ0) is 15.6. The summed E-state index contributed by atoms with van der Waals surface area (Å²) in [5, 5.41) is 0. The summed E-state index contributed by atoms with van der Waals surface area (Å²) in [7, 11) is 0. The molecular formula is C13H7Br2F3O2S. The number of rotatable bonds is 4. The van der Waals surface area contributed by atoms with Crippen molar-refractivity contribution in [1.82, 2.24) is 0 Å². The first-order chi connectivity index (χ1) is 9.74. The molecule has 2 aromatic rings. The van der Waals surface area contributed by atoms with Crippen LogP contribution in [0.3, 0.4) is 0 Å². The van der Waals surface area contributed by atoms with Crippen LogP contribution in [0.4, 0.5) is 13.2 Å². The van der Waals surface area contributed by atoms with Gasteiger partial charge in [-0.05, 0) is 55.6 Å². The number of hydrogen-bond acceptors (Lipinski definition) is 3. The molecule has 0 unspecified atom stereocenters. The molecule has 1 aromatic heterocycles. The van der Waals surface area contributed by atoms with E-state index in [2.05, 4.69) is 36.6 Å². The molecule has 0 fully saturated rings. The maximum atomic E-state index is 12.1. The van der Waals surface area contributed by atoms with Crippen LogP contribution in [0.2, 0.25) is 0 Å². The maximum absolute atomic E-state index is 12.1. The van der Waals surface area contributed by atoms with Crippen molar-refractivity contribution < 1.29 is 22.7 Å². The van der Waals surface area contributed by atoms with Crippen molar-refractivity contribution in [2.24, 2.45) is 0 Å². The number of thiophene rings is 1. The second-order valence-corrected chi connectivity index (χ2v) is 7.78. The van der Waals surface area contributed by atoms with E-state index in [9.17, 15) is 18.0 Å². The van der Waals surface area contributed by atoms with Gasteiger partial charge in [0.2, 0.25) is 0 Å². The number of Topliss-reactive ketones (excluding diaryl/α,β-unsaturated/α-hetero) is 1. The number of ether oxygens (including phenoxy) is 1. The Kier molecular flexibility index (Phi) is 5.11. The van der Waals surface area contributed by atoms with Gasteiger partial charge < -0.3 is 4.74 Å².